The second-order valence-electron chi connectivity index (χ2n) is 12.6. The van der Waals surface area contributed by atoms with Gasteiger partial charge in [-0.15, -0.1) is 0 Å². The number of hydrogen-bond donors (Lipinski definition) is 1. The number of fused-ring (bicyclic) bond motifs is 8. The fourth-order valence-electron chi connectivity index (χ4n) is 9.88. The van der Waals surface area contributed by atoms with Crippen molar-refractivity contribution in [1.29, 1.82) is 0 Å². The largest absolute Gasteiger partial charge is 0.497 e. The minimum absolute atomic E-state index is 0.153. The Morgan fingerprint density at radius 1 is 1.18 bits per heavy atom. The van der Waals surface area contributed by atoms with E-state index in [0.717, 1.165) is 43.5 Å². The normalized spacial score (nSPS) is 44.7. The van der Waals surface area contributed by atoms with Crippen molar-refractivity contribution in [2.24, 2.45) is 34.5 Å². The van der Waals surface area contributed by atoms with Crippen molar-refractivity contribution in [3.05, 3.63) is 35.4 Å². The maximum atomic E-state index is 13.1. The number of benzene rings is 1. The summed E-state index contributed by atoms with van der Waals surface area (Å²) in [7, 11) is 1.73. The second-order valence-corrected chi connectivity index (χ2v) is 12.6. The van der Waals surface area contributed by atoms with Crippen molar-refractivity contribution < 1.29 is 14.6 Å². The topological polar surface area (TPSA) is 49.8 Å². The molecule has 1 N–H and O–H groups in total. The summed E-state index contributed by atoms with van der Waals surface area (Å²) in [4.78, 5) is 15.2. The van der Waals surface area contributed by atoms with Gasteiger partial charge >= 0.3 is 0 Å². The van der Waals surface area contributed by atoms with E-state index in [9.17, 15) is 9.90 Å². The highest BCUT2D eigenvalue weighted by Gasteiger charge is 2.64. The zero-order chi connectivity index (χ0) is 24.0. The lowest BCUT2D eigenvalue weighted by atomic mass is 9.47. The zero-order valence-corrected chi connectivity index (χ0v) is 21.5. The summed E-state index contributed by atoms with van der Waals surface area (Å²) in [6, 6.07) is 6.58. The Kier molecular flexibility index (Phi) is 5.06. The van der Waals surface area contributed by atoms with Crippen LogP contribution < -0.4 is 9.64 Å². The molecular weight excluding hydrogens is 422 g/mol. The maximum Gasteiger partial charge on any atom is 0.224 e. The lowest BCUT2D eigenvalue weighted by molar-refractivity contribution is -0.117. The molecule has 6 rings (SSSR count). The van der Waals surface area contributed by atoms with E-state index in [1.165, 1.54) is 24.0 Å². The minimum Gasteiger partial charge on any atom is -0.497 e. The number of aliphatic hydroxyl groups excluding tert-OH is 1. The first-order valence-corrected chi connectivity index (χ1v) is 13.5. The van der Waals surface area contributed by atoms with Crippen molar-refractivity contribution in [2.75, 3.05) is 12.0 Å². The van der Waals surface area contributed by atoms with Gasteiger partial charge < -0.3 is 14.7 Å². The molecule has 0 radical (unpaired) electrons. The summed E-state index contributed by atoms with van der Waals surface area (Å²) in [6.07, 6.45) is 10.1. The van der Waals surface area contributed by atoms with Gasteiger partial charge in [0.25, 0.3) is 0 Å². The van der Waals surface area contributed by atoms with Gasteiger partial charge in [-0.2, -0.15) is 0 Å². The third kappa shape index (κ3) is 2.90. The van der Waals surface area contributed by atoms with Gasteiger partial charge in [0.05, 0.1) is 13.2 Å². The summed E-state index contributed by atoms with van der Waals surface area (Å²) in [5.74, 6) is 3.98. The Morgan fingerprint density at radius 3 is 2.71 bits per heavy atom. The number of amides is 1. The summed E-state index contributed by atoms with van der Waals surface area (Å²) in [5, 5.41) is 10.3. The van der Waals surface area contributed by atoms with Gasteiger partial charge in [-0.25, -0.2) is 0 Å². The maximum absolute atomic E-state index is 13.1. The van der Waals surface area contributed by atoms with Gasteiger partial charge in [0.15, 0.2) is 0 Å². The molecule has 184 valence electrons. The third-order valence-electron chi connectivity index (χ3n) is 11.4. The molecule has 4 nitrogen and oxygen atoms in total. The van der Waals surface area contributed by atoms with Crippen molar-refractivity contribution >= 4 is 11.6 Å². The van der Waals surface area contributed by atoms with Gasteiger partial charge in [0.2, 0.25) is 5.91 Å². The predicted octanol–water partition coefficient (Wildman–Crippen LogP) is 6.08. The Labute approximate surface area is 204 Å². The number of allylic oxidation sites excluding steroid dienone is 1. The predicted molar refractivity (Wildman–Crippen MR) is 135 cm³/mol. The van der Waals surface area contributed by atoms with Gasteiger partial charge in [-0.1, -0.05) is 32.4 Å². The lowest BCUT2D eigenvalue weighted by Gasteiger charge is -2.58. The Balaban J connectivity index is 1.41. The third-order valence-corrected chi connectivity index (χ3v) is 11.4. The fourth-order valence-corrected chi connectivity index (χ4v) is 9.88. The summed E-state index contributed by atoms with van der Waals surface area (Å²) >= 11 is 0. The Bertz CT molecular complexity index is 1050. The SMILES string of the molecule is COc1ccc2c(c1)[C@@H](C)[C@H]1[C@@H](C[C@H]3[C@@H]4CC=C5C[C@@H](O)CC[C@]5(C)[C@H]4CC[C@]13C)N2C(C)=O. The number of methoxy groups -OCH3 is 1. The van der Waals surface area contributed by atoms with Crippen LogP contribution in [0.5, 0.6) is 5.75 Å². The van der Waals surface area contributed by atoms with Gasteiger partial charge in [-0.3, -0.25) is 4.79 Å². The van der Waals surface area contributed by atoms with Crippen LogP contribution in [-0.2, 0) is 4.79 Å². The van der Waals surface area contributed by atoms with Crippen LogP contribution >= 0.6 is 0 Å². The fraction of sp³-hybridized carbons (Fsp3) is 0.700. The molecule has 0 bridgehead atoms. The van der Waals surface area contributed by atoms with Crippen LogP contribution in [0.4, 0.5) is 5.69 Å². The number of carbonyl (C=O) groups excluding carboxylic acids is 1. The summed E-state index contributed by atoms with van der Waals surface area (Å²) < 4.78 is 5.58. The number of aliphatic hydroxyl groups is 1. The summed E-state index contributed by atoms with van der Waals surface area (Å²) in [5.41, 5.74) is 4.40. The zero-order valence-electron chi connectivity index (χ0n) is 21.5. The lowest BCUT2D eigenvalue weighted by Crippen LogP contribution is -2.52. The molecule has 0 saturated heterocycles. The molecule has 1 heterocycles. The minimum atomic E-state index is -0.153. The van der Waals surface area contributed by atoms with Crippen LogP contribution in [0.25, 0.3) is 0 Å². The summed E-state index contributed by atoms with van der Waals surface area (Å²) in [6.45, 7) is 9.21. The molecular formula is C30H41NO3. The van der Waals surface area contributed by atoms with Crippen molar-refractivity contribution in [2.45, 2.75) is 90.7 Å². The molecule has 4 heteroatoms. The van der Waals surface area contributed by atoms with E-state index in [4.69, 9.17) is 4.74 Å². The number of rotatable bonds is 1. The molecule has 1 aromatic carbocycles. The highest BCUT2D eigenvalue weighted by Crippen LogP contribution is 2.69. The first-order chi connectivity index (χ1) is 16.2. The van der Waals surface area contributed by atoms with Crippen LogP contribution in [-0.4, -0.2) is 30.3 Å². The Morgan fingerprint density at radius 2 is 1.97 bits per heavy atom. The number of carbonyl (C=O) groups is 1. The van der Waals surface area contributed by atoms with Crippen LogP contribution in [0, 0.1) is 34.5 Å². The smallest absolute Gasteiger partial charge is 0.224 e. The van der Waals surface area contributed by atoms with E-state index in [2.05, 4.69) is 43.9 Å². The van der Waals surface area contributed by atoms with E-state index in [1.807, 2.05) is 6.07 Å². The van der Waals surface area contributed by atoms with Gasteiger partial charge in [0, 0.05) is 18.7 Å². The van der Waals surface area contributed by atoms with E-state index >= 15 is 0 Å². The second kappa shape index (κ2) is 7.59. The molecule has 1 aromatic rings. The monoisotopic (exact) mass is 463 g/mol. The molecule has 1 aliphatic heterocycles. The van der Waals surface area contributed by atoms with E-state index in [-0.39, 0.29) is 28.9 Å². The van der Waals surface area contributed by atoms with Crippen LogP contribution in [0.1, 0.15) is 84.1 Å². The average Bonchev–Trinajstić information content (AvgIpc) is 3.12. The van der Waals surface area contributed by atoms with E-state index < -0.39 is 0 Å². The quantitative estimate of drug-likeness (QED) is 0.513. The Hall–Kier alpha value is -1.81. The molecule has 1 amide bonds. The van der Waals surface area contributed by atoms with Crippen LogP contribution in [0.15, 0.2) is 29.8 Å². The molecule has 0 aromatic heterocycles. The van der Waals surface area contributed by atoms with Crippen molar-refractivity contribution in [3.63, 3.8) is 0 Å². The molecule has 34 heavy (non-hydrogen) atoms. The number of nitrogens with zero attached hydrogens (tertiary/aromatic N) is 1. The molecule has 4 aliphatic carbocycles. The number of anilines is 1. The average molecular weight is 464 g/mol. The molecule has 3 saturated carbocycles. The van der Waals surface area contributed by atoms with Crippen molar-refractivity contribution in [3.8, 4) is 5.75 Å². The van der Waals surface area contributed by atoms with E-state index in [0.29, 0.717) is 29.6 Å². The molecule has 9 atom stereocenters. The highest BCUT2D eigenvalue weighted by atomic mass is 16.5. The highest BCUT2D eigenvalue weighted by molar-refractivity contribution is 5.94. The molecule has 0 unspecified atom stereocenters. The number of ether oxygens (including phenoxy) is 1. The van der Waals surface area contributed by atoms with E-state index in [1.54, 1.807) is 14.0 Å². The van der Waals surface area contributed by atoms with Gasteiger partial charge in [0.1, 0.15) is 5.75 Å². The van der Waals surface area contributed by atoms with Crippen LogP contribution in [0.2, 0.25) is 0 Å². The van der Waals surface area contributed by atoms with Crippen molar-refractivity contribution in [1.82, 2.24) is 0 Å². The molecule has 5 aliphatic rings. The first-order valence-electron chi connectivity index (χ1n) is 13.5. The number of hydrogen-bond acceptors (Lipinski definition) is 3. The molecule has 0 spiro atoms. The standard InChI is InChI=1S/C30H41NO3/c1-17-23-15-21(34-5)7-9-26(23)31(18(2)32)27-16-25-22-8-6-19-14-20(33)10-12-29(19,3)24(22)11-13-30(25,4)28(17)27/h6-7,9,15,17,20,22,24-25,27-28,33H,8,10-14,16H2,1-5H3/t17-,20+,22-,24+,25+,27-,28+,29+,30+/m1/s1. The van der Waals surface area contributed by atoms with Crippen LogP contribution in [0.3, 0.4) is 0 Å². The first kappa shape index (κ1) is 22.6. The van der Waals surface area contributed by atoms with Gasteiger partial charge in [-0.05, 0) is 109 Å². The molecule has 3 fully saturated rings.